The highest BCUT2D eigenvalue weighted by atomic mass is 79.9. The number of aliphatic hydroxyl groups excluding tert-OH is 1. The van der Waals surface area contributed by atoms with Crippen molar-refractivity contribution in [3.63, 3.8) is 0 Å². The fourth-order valence-electron chi connectivity index (χ4n) is 2.52. The van der Waals surface area contributed by atoms with Gasteiger partial charge < -0.3 is 25.2 Å². The van der Waals surface area contributed by atoms with Gasteiger partial charge in [-0.2, -0.15) is 0 Å². The molecule has 0 bridgehead atoms. The van der Waals surface area contributed by atoms with E-state index in [9.17, 15) is 0 Å². The topological polar surface area (TPSA) is 62.8 Å². The summed E-state index contributed by atoms with van der Waals surface area (Å²) < 4.78 is 12.6. The first-order chi connectivity index (χ1) is 13.6. The van der Waals surface area contributed by atoms with Crippen molar-refractivity contribution in [1.82, 2.24) is 10.6 Å². The number of hydrogen-bond acceptors (Lipinski definition) is 5. The Hall–Kier alpha value is -1.02. The number of ether oxygens (including phenoxy) is 2. The van der Waals surface area contributed by atoms with Crippen molar-refractivity contribution in [2.45, 2.75) is 20.1 Å². The van der Waals surface area contributed by atoms with Crippen LogP contribution in [0.1, 0.15) is 18.1 Å². The van der Waals surface area contributed by atoms with Crippen molar-refractivity contribution in [1.29, 1.82) is 0 Å². The molecule has 0 atom stereocenters. The van der Waals surface area contributed by atoms with Crippen LogP contribution in [0.2, 0.25) is 10.0 Å². The van der Waals surface area contributed by atoms with E-state index in [1.165, 1.54) is 0 Å². The summed E-state index contributed by atoms with van der Waals surface area (Å²) in [7, 11) is 0. The highest BCUT2D eigenvalue weighted by Crippen LogP contribution is 2.35. The molecule has 2 aromatic rings. The summed E-state index contributed by atoms with van der Waals surface area (Å²) in [5.74, 6) is 1.29. The van der Waals surface area contributed by atoms with Crippen molar-refractivity contribution in [3.05, 3.63) is 56.0 Å². The number of rotatable bonds is 12. The minimum absolute atomic E-state index is 0.143. The van der Waals surface area contributed by atoms with Gasteiger partial charge in [0.05, 0.1) is 13.2 Å². The van der Waals surface area contributed by atoms with E-state index in [1.807, 2.05) is 19.1 Å². The van der Waals surface area contributed by atoms with E-state index in [0.717, 1.165) is 28.7 Å². The molecule has 0 spiro atoms. The lowest BCUT2D eigenvalue weighted by molar-refractivity contribution is 0.269. The SMILES string of the molecule is CCOc1cc(CNCCNCCO)c(Br)cc1OCc1c(Cl)cccc1Cl. The summed E-state index contributed by atoms with van der Waals surface area (Å²) in [6.07, 6.45) is 0. The number of benzene rings is 2. The van der Waals surface area contributed by atoms with Gasteiger partial charge >= 0.3 is 0 Å². The van der Waals surface area contributed by atoms with Gasteiger partial charge in [0.2, 0.25) is 0 Å². The van der Waals surface area contributed by atoms with Crippen LogP contribution in [0.15, 0.2) is 34.8 Å². The van der Waals surface area contributed by atoms with Crippen molar-refractivity contribution in [3.8, 4) is 11.5 Å². The molecular weight excluding hydrogens is 467 g/mol. The summed E-state index contributed by atoms with van der Waals surface area (Å²) in [5, 5.41) is 16.4. The maximum atomic E-state index is 8.76. The Bertz CT molecular complexity index is 742. The summed E-state index contributed by atoms with van der Waals surface area (Å²) in [5.41, 5.74) is 1.80. The van der Waals surface area contributed by atoms with Crippen LogP contribution in [-0.2, 0) is 13.2 Å². The molecule has 3 N–H and O–H groups in total. The fraction of sp³-hybridized carbons (Fsp3) is 0.400. The normalized spacial score (nSPS) is 10.9. The largest absolute Gasteiger partial charge is 0.490 e. The fourth-order valence-corrected chi connectivity index (χ4v) is 3.49. The average Bonchev–Trinajstić information content (AvgIpc) is 2.67. The summed E-state index contributed by atoms with van der Waals surface area (Å²) >= 11 is 16.1. The minimum atomic E-state index is 0.143. The zero-order chi connectivity index (χ0) is 20.4. The summed E-state index contributed by atoms with van der Waals surface area (Å²) in [6, 6.07) is 9.24. The second-order valence-corrected chi connectivity index (χ2v) is 7.63. The molecule has 8 heteroatoms. The Morgan fingerprint density at radius 3 is 2.36 bits per heavy atom. The smallest absolute Gasteiger partial charge is 0.162 e. The van der Waals surface area contributed by atoms with E-state index < -0.39 is 0 Å². The maximum Gasteiger partial charge on any atom is 0.162 e. The molecule has 2 aromatic carbocycles. The Morgan fingerprint density at radius 1 is 1.00 bits per heavy atom. The second kappa shape index (κ2) is 12.5. The first-order valence-corrected chi connectivity index (χ1v) is 10.6. The van der Waals surface area contributed by atoms with E-state index >= 15 is 0 Å². The van der Waals surface area contributed by atoms with Crippen LogP contribution in [0.5, 0.6) is 11.5 Å². The number of aliphatic hydroxyl groups is 1. The molecular formula is C20H25BrCl2N2O3. The van der Waals surface area contributed by atoms with Gasteiger partial charge in [-0.25, -0.2) is 0 Å². The second-order valence-electron chi connectivity index (χ2n) is 5.96. The Kier molecular flexibility index (Phi) is 10.4. The van der Waals surface area contributed by atoms with Crippen LogP contribution in [-0.4, -0.2) is 38.0 Å². The van der Waals surface area contributed by atoms with Crippen molar-refractivity contribution in [2.24, 2.45) is 0 Å². The molecule has 0 aromatic heterocycles. The Morgan fingerprint density at radius 2 is 1.68 bits per heavy atom. The summed E-state index contributed by atoms with van der Waals surface area (Å²) in [4.78, 5) is 0. The first kappa shape index (κ1) is 23.3. The van der Waals surface area contributed by atoms with E-state index in [2.05, 4.69) is 26.6 Å². The van der Waals surface area contributed by atoms with E-state index in [-0.39, 0.29) is 13.2 Å². The predicted octanol–water partition coefficient (Wildman–Crippen LogP) is 4.41. The van der Waals surface area contributed by atoms with Crippen LogP contribution >= 0.6 is 39.1 Å². The summed E-state index contributed by atoms with van der Waals surface area (Å²) in [6.45, 7) is 5.71. The molecule has 0 aliphatic carbocycles. The Balaban J connectivity index is 2.05. The standard InChI is InChI=1S/C20H25BrCl2N2O3/c1-2-27-19-10-14(12-25-7-6-24-8-9-26)16(21)11-20(19)28-13-15-17(22)4-3-5-18(15)23/h3-5,10-11,24-26H,2,6-9,12-13H2,1H3. The van der Waals surface area contributed by atoms with E-state index in [4.69, 9.17) is 37.8 Å². The lowest BCUT2D eigenvalue weighted by Crippen LogP contribution is -2.28. The van der Waals surface area contributed by atoms with Crippen LogP contribution < -0.4 is 20.1 Å². The van der Waals surface area contributed by atoms with Crippen LogP contribution in [0.3, 0.4) is 0 Å². The van der Waals surface area contributed by atoms with Gasteiger partial charge in [0.15, 0.2) is 11.5 Å². The maximum absolute atomic E-state index is 8.76. The minimum Gasteiger partial charge on any atom is -0.490 e. The third-order valence-electron chi connectivity index (χ3n) is 3.93. The molecule has 0 saturated heterocycles. The van der Waals surface area contributed by atoms with E-state index in [1.54, 1.807) is 18.2 Å². The average molecular weight is 492 g/mol. The Labute approximate surface area is 184 Å². The molecule has 0 amide bonds. The molecule has 154 valence electrons. The molecule has 0 radical (unpaired) electrons. The lowest BCUT2D eigenvalue weighted by Gasteiger charge is -2.16. The van der Waals surface area contributed by atoms with Gasteiger partial charge in [-0.05, 0) is 36.8 Å². The first-order valence-electron chi connectivity index (χ1n) is 9.10. The third kappa shape index (κ3) is 7.10. The number of hydrogen-bond donors (Lipinski definition) is 3. The molecule has 0 fully saturated rings. The molecule has 28 heavy (non-hydrogen) atoms. The molecule has 2 rings (SSSR count). The highest BCUT2D eigenvalue weighted by molar-refractivity contribution is 9.10. The van der Waals surface area contributed by atoms with Crippen molar-refractivity contribution >= 4 is 39.1 Å². The number of halogens is 3. The monoisotopic (exact) mass is 490 g/mol. The van der Waals surface area contributed by atoms with Gasteiger partial charge in [-0.1, -0.05) is 45.2 Å². The van der Waals surface area contributed by atoms with Gasteiger partial charge in [0, 0.05) is 46.3 Å². The molecule has 0 saturated carbocycles. The zero-order valence-corrected chi connectivity index (χ0v) is 18.8. The van der Waals surface area contributed by atoms with Crippen molar-refractivity contribution in [2.75, 3.05) is 32.8 Å². The zero-order valence-electron chi connectivity index (χ0n) is 15.7. The molecule has 0 aliphatic rings. The van der Waals surface area contributed by atoms with Gasteiger partial charge in [0.1, 0.15) is 6.61 Å². The molecule has 0 unspecified atom stereocenters. The number of nitrogens with one attached hydrogen (secondary N) is 2. The van der Waals surface area contributed by atoms with Gasteiger partial charge in [0.25, 0.3) is 0 Å². The third-order valence-corrected chi connectivity index (χ3v) is 5.38. The lowest BCUT2D eigenvalue weighted by atomic mass is 10.2. The van der Waals surface area contributed by atoms with Gasteiger partial charge in [-0.15, -0.1) is 0 Å². The highest BCUT2D eigenvalue weighted by Gasteiger charge is 2.13. The van der Waals surface area contributed by atoms with Gasteiger partial charge in [-0.3, -0.25) is 0 Å². The van der Waals surface area contributed by atoms with Crippen LogP contribution in [0, 0.1) is 0 Å². The molecule has 0 heterocycles. The van der Waals surface area contributed by atoms with Crippen LogP contribution in [0.25, 0.3) is 0 Å². The van der Waals surface area contributed by atoms with E-state index in [0.29, 0.717) is 41.2 Å². The molecule has 0 aliphatic heterocycles. The predicted molar refractivity (Wildman–Crippen MR) is 118 cm³/mol. The quantitative estimate of drug-likeness (QED) is 0.384. The van der Waals surface area contributed by atoms with Crippen molar-refractivity contribution < 1.29 is 14.6 Å². The molecule has 5 nitrogen and oxygen atoms in total. The van der Waals surface area contributed by atoms with Crippen LogP contribution in [0.4, 0.5) is 0 Å².